The lowest BCUT2D eigenvalue weighted by Crippen LogP contribution is -2.23. The number of carbonyl (C=O) groups excluding carboxylic acids is 2. The molecular weight excluding hydrogens is 362 g/mol. The molecule has 8 heteroatoms. The molecule has 0 atom stereocenters. The van der Waals surface area contributed by atoms with Gasteiger partial charge in [0.15, 0.2) is 13.2 Å². The first kappa shape index (κ1) is 19.1. The molecule has 0 unspecified atom stereocenters. The van der Waals surface area contributed by atoms with Gasteiger partial charge in [0.1, 0.15) is 5.75 Å². The molecule has 0 saturated heterocycles. The van der Waals surface area contributed by atoms with Gasteiger partial charge in [0.25, 0.3) is 5.91 Å². The number of rotatable bonds is 8. The third-order valence-corrected chi connectivity index (χ3v) is 3.74. The molecule has 0 radical (unpaired) electrons. The predicted octanol–water partition coefficient (Wildman–Crippen LogP) is 2.86. The van der Waals surface area contributed by atoms with Gasteiger partial charge >= 0.3 is 12.0 Å². The Hall–Kier alpha value is -3.68. The highest BCUT2D eigenvalue weighted by Crippen LogP contribution is 2.19. The van der Waals surface area contributed by atoms with E-state index in [0.717, 1.165) is 12.0 Å². The Morgan fingerprint density at radius 1 is 1.00 bits per heavy atom. The zero-order chi connectivity index (χ0) is 19.8. The zero-order valence-electron chi connectivity index (χ0n) is 15.3. The van der Waals surface area contributed by atoms with Gasteiger partial charge in [0.05, 0.1) is 0 Å². The van der Waals surface area contributed by atoms with Gasteiger partial charge in [0.2, 0.25) is 5.89 Å². The van der Waals surface area contributed by atoms with Crippen LogP contribution in [-0.4, -0.2) is 35.3 Å². The lowest BCUT2D eigenvalue weighted by atomic mass is 10.2. The van der Waals surface area contributed by atoms with Gasteiger partial charge in [-0.05, 0) is 36.2 Å². The Kier molecular flexibility index (Phi) is 6.35. The largest absolute Gasteiger partial charge is 0.482 e. The van der Waals surface area contributed by atoms with Crippen LogP contribution in [0.2, 0.25) is 0 Å². The maximum absolute atomic E-state index is 11.9. The van der Waals surface area contributed by atoms with E-state index in [-0.39, 0.29) is 18.5 Å². The molecule has 0 fully saturated rings. The molecule has 3 rings (SSSR count). The van der Waals surface area contributed by atoms with Crippen molar-refractivity contribution in [3.8, 4) is 17.2 Å². The number of nitrogens with one attached hydrogen (secondary N) is 1. The van der Waals surface area contributed by atoms with Crippen LogP contribution in [0.4, 0.5) is 6.01 Å². The van der Waals surface area contributed by atoms with Gasteiger partial charge in [-0.2, -0.15) is 0 Å². The van der Waals surface area contributed by atoms with E-state index in [4.69, 9.17) is 13.9 Å². The van der Waals surface area contributed by atoms with Gasteiger partial charge in [-0.25, -0.2) is 4.79 Å². The number of anilines is 1. The molecular formula is C20H19N3O5. The predicted molar refractivity (Wildman–Crippen MR) is 101 cm³/mol. The van der Waals surface area contributed by atoms with Crippen LogP contribution < -0.4 is 10.1 Å². The standard InChI is InChI=1S/C20H19N3O5/c1-2-14-8-10-16(11-9-14)26-13-18(25)27-12-17(24)21-20-23-22-19(28-20)15-6-4-3-5-7-15/h3-11H,2,12-13H2,1H3,(H,21,23,24). The molecule has 1 amide bonds. The second-order valence-corrected chi connectivity index (χ2v) is 5.77. The van der Waals surface area contributed by atoms with E-state index < -0.39 is 18.5 Å². The van der Waals surface area contributed by atoms with Crippen LogP contribution >= 0.6 is 0 Å². The Bertz CT molecular complexity index is 923. The van der Waals surface area contributed by atoms with Crippen LogP contribution in [0.5, 0.6) is 5.75 Å². The number of carbonyl (C=O) groups is 2. The summed E-state index contributed by atoms with van der Waals surface area (Å²) >= 11 is 0. The molecule has 1 aromatic heterocycles. The Labute approximate surface area is 161 Å². The first-order valence-corrected chi connectivity index (χ1v) is 8.70. The van der Waals surface area contributed by atoms with Crippen LogP contribution in [0.15, 0.2) is 59.0 Å². The summed E-state index contributed by atoms with van der Waals surface area (Å²) in [5.74, 6) is -0.428. The minimum absolute atomic E-state index is 0.0767. The van der Waals surface area contributed by atoms with Crippen molar-refractivity contribution >= 4 is 17.9 Å². The van der Waals surface area contributed by atoms with E-state index in [1.165, 1.54) is 5.56 Å². The Morgan fingerprint density at radius 3 is 2.46 bits per heavy atom. The van der Waals surface area contributed by atoms with E-state index in [1.54, 1.807) is 24.3 Å². The molecule has 0 spiro atoms. The number of ether oxygens (including phenoxy) is 2. The summed E-state index contributed by atoms with van der Waals surface area (Å²) < 4.78 is 15.5. The monoisotopic (exact) mass is 381 g/mol. The lowest BCUT2D eigenvalue weighted by Gasteiger charge is -2.07. The van der Waals surface area contributed by atoms with Gasteiger partial charge < -0.3 is 13.9 Å². The minimum atomic E-state index is -0.662. The molecule has 28 heavy (non-hydrogen) atoms. The van der Waals surface area contributed by atoms with Crippen molar-refractivity contribution in [2.24, 2.45) is 0 Å². The minimum Gasteiger partial charge on any atom is -0.482 e. The number of aromatic nitrogens is 2. The average molecular weight is 381 g/mol. The summed E-state index contributed by atoms with van der Waals surface area (Å²) in [6, 6.07) is 16.4. The van der Waals surface area contributed by atoms with Crippen molar-refractivity contribution in [1.29, 1.82) is 0 Å². The van der Waals surface area contributed by atoms with Crippen molar-refractivity contribution < 1.29 is 23.5 Å². The second-order valence-electron chi connectivity index (χ2n) is 5.77. The third kappa shape index (κ3) is 5.41. The molecule has 0 bridgehead atoms. The van der Waals surface area contributed by atoms with E-state index in [1.807, 2.05) is 30.3 Å². The van der Waals surface area contributed by atoms with Gasteiger partial charge in [-0.15, -0.1) is 5.10 Å². The van der Waals surface area contributed by atoms with Crippen LogP contribution in [0.3, 0.4) is 0 Å². The van der Waals surface area contributed by atoms with Crippen molar-refractivity contribution in [2.45, 2.75) is 13.3 Å². The number of amides is 1. The quantitative estimate of drug-likeness (QED) is 0.598. The SMILES string of the molecule is CCc1ccc(OCC(=O)OCC(=O)Nc2nnc(-c3ccccc3)o2)cc1. The van der Waals surface area contributed by atoms with E-state index >= 15 is 0 Å². The fourth-order valence-electron chi connectivity index (χ4n) is 2.28. The molecule has 144 valence electrons. The highest BCUT2D eigenvalue weighted by Gasteiger charge is 2.13. The number of aryl methyl sites for hydroxylation is 1. The van der Waals surface area contributed by atoms with Gasteiger partial charge in [0, 0.05) is 5.56 Å². The van der Waals surface area contributed by atoms with Crippen LogP contribution in [0, 0.1) is 0 Å². The van der Waals surface area contributed by atoms with Crippen molar-refractivity contribution in [3.63, 3.8) is 0 Å². The molecule has 1 N–H and O–H groups in total. The number of nitrogens with zero attached hydrogens (tertiary/aromatic N) is 2. The summed E-state index contributed by atoms with van der Waals surface area (Å²) in [5.41, 5.74) is 1.90. The molecule has 8 nitrogen and oxygen atoms in total. The van der Waals surface area contributed by atoms with Crippen LogP contribution in [-0.2, 0) is 20.7 Å². The number of benzene rings is 2. The summed E-state index contributed by atoms with van der Waals surface area (Å²) in [5, 5.41) is 9.96. The molecule has 0 aliphatic rings. The average Bonchev–Trinajstić information content (AvgIpc) is 3.20. The highest BCUT2D eigenvalue weighted by molar-refractivity contribution is 5.91. The second kappa shape index (κ2) is 9.31. The smallest absolute Gasteiger partial charge is 0.344 e. The van der Waals surface area contributed by atoms with Crippen LogP contribution in [0.1, 0.15) is 12.5 Å². The molecule has 3 aromatic rings. The molecule has 0 aliphatic heterocycles. The first-order valence-electron chi connectivity index (χ1n) is 8.70. The molecule has 1 heterocycles. The van der Waals surface area contributed by atoms with E-state index in [9.17, 15) is 9.59 Å². The van der Waals surface area contributed by atoms with Gasteiger partial charge in [-0.1, -0.05) is 42.4 Å². The number of esters is 1. The molecule has 2 aromatic carbocycles. The van der Waals surface area contributed by atoms with Crippen molar-refractivity contribution in [1.82, 2.24) is 10.2 Å². The normalized spacial score (nSPS) is 10.3. The lowest BCUT2D eigenvalue weighted by molar-refractivity contribution is -0.149. The van der Waals surface area contributed by atoms with Crippen molar-refractivity contribution in [3.05, 3.63) is 60.2 Å². The van der Waals surface area contributed by atoms with E-state index in [2.05, 4.69) is 22.4 Å². The first-order chi connectivity index (χ1) is 13.6. The number of hydrogen-bond donors (Lipinski definition) is 1. The highest BCUT2D eigenvalue weighted by atomic mass is 16.6. The zero-order valence-corrected chi connectivity index (χ0v) is 15.3. The maximum Gasteiger partial charge on any atom is 0.344 e. The van der Waals surface area contributed by atoms with Crippen molar-refractivity contribution in [2.75, 3.05) is 18.5 Å². The number of hydrogen-bond acceptors (Lipinski definition) is 7. The topological polar surface area (TPSA) is 104 Å². The van der Waals surface area contributed by atoms with Crippen LogP contribution in [0.25, 0.3) is 11.5 Å². The third-order valence-electron chi connectivity index (χ3n) is 3.74. The summed E-state index contributed by atoms with van der Waals surface area (Å²) in [6.07, 6.45) is 0.921. The van der Waals surface area contributed by atoms with E-state index in [0.29, 0.717) is 5.75 Å². The Balaban J connectivity index is 1.41. The summed E-state index contributed by atoms with van der Waals surface area (Å²) in [6.45, 7) is 1.27. The molecule has 0 saturated carbocycles. The summed E-state index contributed by atoms with van der Waals surface area (Å²) in [7, 11) is 0. The maximum atomic E-state index is 11.9. The summed E-state index contributed by atoms with van der Waals surface area (Å²) in [4.78, 5) is 23.6. The fraction of sp³-hybridized carbons (Fsp3) is 0.200. The fourth-order valence-corrected chi connectivity index (χ4v) is 2.28. The Morgan fingerprint density at radius 2 is 1.75 bits per heavy atom. The molecule has 0 aliphatic carbocycles. The van der Waals surface area contributed by atoms with Gasteiger partial charge in [-0.3, -0.25) is 10.1 Å².